The molecule has 0 saturated carbocycles. The summed E-state index contributed by atoms with van der Waals surface area (Å²) in [6.45, 7) is 2.02. The lowest BCUT2D eigenvalue weighted by Gasteiger charge is -2.15. The molecule has 100 valence electrons. The largest absolute Gasteiger partial charge is 0.207 e. The van der Waals surface area contributed by atoms with E-state index < -0.39 is 0 Å². The maximum atomic E-state index is 13.1. The van der Waals surface area contributed by atoms with Gasteiger partial charge in [0.1, 0.15) is 5.82 Å². The summed E-state index contributed by atoms with van der Waals surface area (Å²) in [5.74, 6) is -0.249. The molecule has 0 heterocycles. The number of rotatable bonds is 2. The van der Waals surface area contributed by atoms with Gasteiger partial charge in [-0.25, -0.2) is 4.39 Å². The normalized spacial score (nSPS) is 12.5. The van der Waals surface area contributed by atoms with Gasteiger partial charge in [-0.3, -0.25) is 0 Å². The lowest BCUT2D eigenvalue weighted by atomic mass is 10.0. The van der Waals surface area contributed by atoms with Crippen LogP contribution in [0.15, 0.2) is 39.3 Å². The summed E-state index contributed by atoms with van der Waals surface area (Å²) < 4.78 is 15.9. The van der Waals surface area contributed by atoms with Crippen molar-refractivity contribution in [1.29, 1.82) is 0 Å². The van der Waals surface area contributed by atoms with Crippen molar-refractivity contribution < 1.29 is 4.39 Å². The topological polar surface area (TPSA) is 0 Å². The van der Waals surface area contributed by atoms with E-state index in [0.29, 0.717) is 0 Å². The highest BCUT2D eigenvalue weighted by molar-refractivity contribution is 14.1. The molecule has 0 nitrogen and oxygen atoms in total. The van der Waals surface area contributed by atoms with E-state index in [-0.39, 0.29) is 11.2 Å². The van der Waals surface area contributed by atoms with Crippen molar-refractivity contribution in [3.8, 4) is 0 Å². The fourth-order valence-electron chi connectivity index (χ4n) is 1.73. The molecule has 0 aliphatic heterocycles. The molecule has 0 aromatic heterocycles. The van der Waals surface area contributed by atoms with Crippen molar-refractivity contribution in [3.63, 3.8) is 0 Å². The second-order valence-electron chi connectivity index (χ2n) is 4.15. The minimum atomic E-state index is -0.321. The molecule has 0 fully saturated rings. The van der Waals surface area contributed by atoms with E-state index in [4.69, 9.17) is 11.6 Å². The standard InChI is InChI=1S/C14H9Br2ClFI/c1-7-4-12(16)10(6-11(7)15)14(17)9-3-2-8(18)5-13(9)19/h2-6,14H,1H3. The van der Waals surface area contributed by atoms with Crippen LogP contribution in [0.2, 0.25) is 0 Å². The third-order valence-corrected chi connectivity index (χ3v) is 5.73. The third-order valence-electron chi connectivity index (χ3n) is 2.79. The Morgan fingerprint density at radius 2 is 1.79 bits per heavy atom. The van der Waals surface area contributed by atoms with E-state index in [2.05, 4.69) is 54.5 Å². The van der Waals surface area contributed by atoms with Crippen LogP contribution in [-0.4, -0.2) is 0 Å². The predicted octanol–water partition coefficient (Wildman–Crippen LogP) is 6.59. The Labute approximate surface area is 147 Å². The van der Waals surface area contributed by atoms with Gasteiger partial charge in [0, 0.05) is 12.5 Å². The molecule has 0 amide bonds. The first kappa shape index (κ1) is 15.7. The Hall–Kier alpha value is 0.350. The van der Waals surface area contributed by atoms with Gasteiger partial charge in [0.05, 0.1) is 5.38 Å². The highest BCUT2D eigenvalue weighted by Crippen LogP contribution is 2.38. The summed E-state index contributed by atoms with van der Waals surface area (Å²) in [4.78, 5) is 0. The van der Waals surface area contributed by atoms with Gasteiger partial charge < -0.3 is 0 Å². The maximum absolute atomic E-state index is 13.1. The Morgan fingerprint density at radius 3 is 2.42 bits per heavy atom. The number of hydrogen-bond donors (Lipinski definition) is 0. The number of halogens is 5. The van der Waals surface area contributed by atoms with Crippen LogP contribution in [0.4, 0.5) is 4.39 Å². The zero-order valence-corrected chi connectivity index (χ0v) is 15.9. The first-order valence-electron chi connectivity index (χ1n) is 5.44. The molecule has 0 bridgehead atoms. The summed E-state index contributed by atoms with van der Waals surface area (Å²) in [7, 11) is 0. The Kier molecular flexibility index (Phi) is 5.31. The quantitative estimate of drug-likeness (QED) is 0.311. The zero-order chi connectivity index (χ0) is 14.2. The monoisotopic (exact) mass is 516 g/mol. The number of aryl methyl sites for hydroxylation is 1. The lowest BCUT2D eigenvalue weighted by molar-refractivity contribution is 0.626. The van der Waals surface area contributed by atoms with Crippen molar-refractivity contribution in [2.75, 3.05) is 0 Å². The Morgan fingerprint density at radius 1 is 1.11 bits per heavy atom. The average molecular weight is 518 g/mol. The van der Waals surface area contributed by atoms with Gasteiger partial charge in [-0.1, -0.05) is 37.9 Å². The summed E-state index contributed by atoms with van der Waals surface area (Å²) >= 11 is 15.7. The Bertz CT molecular complexity index is 631. The molecule has 0 N–H and O–H groups in total. The Balaban J connectivity index is 2.49. The molecule has 19 heavy (non-hydrogen) atoms. The first-order chi connectivity index (χ1) is 8.90. The SMILES string of the molecule is Cc1cc(Br)c(C(Cl)c2ccc(F)cc2I)cc1Br. The second-order valence-corrected chi connectivity index (χ2v) is 7.46. The smallest absolute Gasteiger partial charge is 0.124 e. The van der Waals surface area contributed by atoms with Gasteiger partial charge in [-0.2, -0.15) is 0 Å². The molecule has 0 spiro atoms. The molecule has 2 aromatic rings. The van der Waals surface area contributed by atoms with E-state index >= 15 is 0 Å². The van der Waals surface area contributed by atoms with E-state index in [1.54, 1.807) is 6.07 Å². The third kappa shape index (κ3) is 3.52. The van der Waals surface area contributed by atoms with Crippen LogP contribution in [-0.2, 0) is 0 Å². The van der Waals surface area contributed by atoms with Crippen LogP contribution in [0.5, 0.6) is 0 Å². The van der Waals surface area contributed by atoms with Crippen LogP contribution in [0.25, 0.3) is 0 Å². The first-order valence-corrected chi connectivity index (χ1v) is 8.55. The van der Waals surface area contributed by atoms with Crippen molar-refractivity contribution in [2.45, 2.75) is 12.3 Å². The summed E-state index contributed by atoms with van der Waals surface area (Å²) in [5.41, 5.74) is 3.00. The number of alkyl halides is 1. The van der Waals surface area contributed by atoms with Crippen molar-refractivity contribution in [1.82, 2.24) is 0 Å². The lowest BCUT2D eigenvalue weighted by Crippen LogP contribution is -1.99. The minimum Gasteiger partial charge on any atom is -0.207 e. The van der Waals surface area contributed by atoms with Crippen LogP contribution >= 0.6 is 66.1 Å². The summed E-state index contributed by atoms with van der Waals surface area (Å²) in [6.07, 6.45) is 0. The summed E-state index contributed by atoms with van der Waals surface area (Å²) in [6, 6.07) is 8.67. The van der Waals surface area contributed by atoms with E-state index in [0.717, 1.165) is 29.2 Å². The molecule has 2 rings (SSSR count). The van der Waals surface area contributed by atoms with Crippen molar-refractivity contribution in [2.24, 2.45) is 0 Å². The average Bonchev–Trinajstić information content (AvgIpc) is 2.33. The number of hydrogen-bond acceptors (Lipinski definition) is 0. The predicted molar refractivity (Wildman–Crippen MR) is 93.4 cm³/mol. The van der Waals surface area contributed by atoms with Gasteiger partial charge in [-0.15, -0.1) is 11.6 Å². The molecule has 0 saturated heterocycles. The van der Waals surface area contributed by atoms with Crippen molar-refractivity contribution >= 4 is 66.1 Å². The van der Waals surface area contributed by atoms with Crippen LogP contribution < -0.4 is 0 Å². The molecule has 0 radical (unpaired) electrons. The molecule has 2 aromatic carbocycles. The van der Waals surface area contributed by atoms with Gasteiger partial charge in [0.2, 0.25) is 0 Å². The highest BCUT2D eigenvalue weighted by Gasteiger charge is 2.18. The van der Waals surface area contributed by atoms with Crippen molar-refractivity contribution in [3.05, 3.63) is 65.4 Å². The molecule has 0 aliphatic rings. The van der Waals surface area contributed by atoms with Crippen LogP contribution in [0.3, 0.4) is 0 Å². The fourth-order valence-corrected chi connectivity index (χ4v) is 4.25. The van der Waals surface area contributed by atoms with Gasteiger partial charge in [0.15, 0.2) is 0 Å². The van der Waals surface area contributed by atoms with Gasteiger partial charge in [-0.05, 0) is 70.5 Å². The summed E-state index contributed by atoms with van der Waals surface area (Å²) in [5, 5.41) is -0.321. The molecular formula is C14H9Br2ClFI. The molecule has 0 aliphatic carbocycles. The molecular weight excluding hydrogens is 509 g/mol. The van der Waals surface area contributed by atoms with Gasteiger partial charge >= 0.3 is 0 Å². The number of benzene rings is 2. The van der Waals surface area contributed by atoms with Crippen LogP contribution in [0, 0.1) is 16.3 Å². The molecule has 5 heteroatoms. The van der Waals surface area contributed by atoms with E-state index in [9.17, 15) is 4.39 Å². The highest BCUT2D eigenvalue weighted by atomic mass is 127. The van der Waals surface area contributed by atoms with Crippen LogP contribution in [0.1, 0.15) is 22.1 Å². The molecule has 1 atom stereocenters. The molecule has 1 unspecified atom stereocenters. The zero-order valence-electron chi connectivity index (χ0n) is 9.85. The second kappa shape index (κ2) is 6.41. The van der Waals surface area contributed by atoms with Gasteiger partial charge in [0.25, 0.3) is 0 Å². The van der Waals surface area contributed by atoms with E-state index in [1.807, 2.05) is 19.1 Å². The van der Waals surface area contributed by atoms with E-state index in [1.165, 1.54) is 12.1 Å². The maximum Gasteiger partial charge on any atom is 0.124 e. The minimum absolute atomic E-state index is 0.249. The fraction of sp³-hybridized carbons (Fsp3) is 0.143.